The van der Waals surface area contributed by atoms with Gasteiger partial charge in [-0.3, -0.25) is 13.8 Å². The van der Waals surface area contributed by atoms with Crippen LogP contribution in [0, 0.1) is 0 Å². The van der Waals surface area contributed by atoms with Crippen LogP contribution in [0.1, 0.15) is 303 Å². The minimum Gasteiger partial charge on any atom is -0.391 e. The van der Waals surface area contributed by atoms with E-state index in [0.29, 0.717) is 23.9 Å². The molecule has 0 aliphatic rings. The molecule has 0 aromatic heterocycles. The molecule has 3 unspecified atom stereocenters. The van der Waals surface area contributed by atoms with Crippen LogP contribution in [0.4, 0.5) is 0 Å². The van der Waals surface area contributed by atoms with E-state index < -0.39 is 20.0 Å². The number of hydrogen-bond donors (Lipinski definition) is 3. The molecule has 65 heavy (non-hydrogen) atoms. The van der Waals surface area contributed by atoms with Gasteiger partial charge < -0.3 is 19.8 Å². The summed E-state index contributed by atoms with van der Waals surface area (Å²) in [5, 5.41) is 14.0. The van der Waals surface area contributed by atoms with Crippen molar-refractivity contribution in [1.29, 1.82) is 0 Å². The highest BCUT2D eigenvalue weighted by atomic mass is 31.2. The predicted octanol–water partition coefficient (Wildman–Crippen LogP) is 17.3. The maximum atomic E-state index is 12.9. The zero-order valence-corrected chi connectivity index (χ0v) is 45.4. The van der Waals surface area contributed by atoms with Gasteiger partial charge in [0.1, 0.15) is 13.2 Å². The molecule has 8 nitrogen and oxygen atoms in total. The maximum Gasteiger partial charge on any atom is 0.472 e. The van der Waals surface area contributed by atoms with Gasteiger partial charge >= 0.3 is 7.82 Å². The van der Waals surface area contributed by atoms with E-state index in [1.54, 1.807) is 0 Å². The van der Waals surface area contributed by atoms with Crippen LogP contribution in [0.25, 0.3) is 0 Å². The van der Waals surface area contributed by atoms with Crippen molar-refractivity contribution in [3.05, 3.63) is 0 Å². The summed E-state index contributed by atoms with van der Waals surface area (Å²) in [5.41, 5.74) is 0. The lowest BCUT2D eigenvalue weighted by Gasteiger charge is -2.26. The Morgan fingerprint density at radius 2 is 0.738 bits per heavy atom. The van der Waals surface area contributed by atoms with Crippen molar-refractivity contribution >= 4 is 13.7 Å². The third-order valence-corrected chi connectivity index (χ3v) is 14.6. The molecule has 0 saturated heterocycles. The van der Waals surface area contributed by atoms with Gasteiger partial charge in [-0.1, -0.05) is 284 Å². The minimum absolute atomic E-state index is 0.0789. The van der Waals surface area contributed by atoms with E-state index in [-0.39, 0.29) is 19.1 Å². The summed E-state index contributed by atoms with van der Waals surface area (Å²) < 4.78 is 23.7. The first-order valence-electron chi connectivity index (χ1n) is 28.9. The number of aliphatic hydroxyl groups excluding tert-OH is 1. The van der Waals surface area contributed by atoms with Crippen molar-refractivity contribution in [2.45, 2.75) is 315 Å². The molecule has 0 rings (SSSR count). The molecule has 0 bridgehead atoms. The Balaban J connectivity index is 3.96. The van der Waals surface area contributed by atoms with Gasteiger partial charge in [-0.2, -0.15) is 0 Å². The summed E-state index contributed by atoms with van der Waals surface area (Å²) in [4.78, 5) is 23.2. The highest BCUT2D eigenvalue weighted by Crippen LogP contribution is 2.43. The zero-order chi connectivity index (χ0) is 47.8. The number of hydrogen-bond acceptors (Lipinski definition) is 5. The predicted molar refractivity (Wildman–Crippen MR) is 282 cm³/mol. The summed E-state index contributed by atoms with van der Waals surface area (Å²) in [5.74, 6) is -0.139. The normalized spacial score (nSPS) is 13.9. The molecule has 0 fully saturated rings. The lowest BCUT2D eigenvalue weighted by molar-refractivity contribution is -0.870. The van der Waals surface area contributed by atoms with E-state index in [9.17, 15) is 19.4 Å². The van der Waals surface area contributed by atoms with Crippen molar-refractivity contribution < 1.29 is 32.9 Å². The summed E-state index contributed by atoms with van der Waals surface area (Å²) in [7, 11) is 1.63. The Labute approximate surface area is 406 Å². The van der Waals surface area contributed by atoms with Crippen molar-refractivity contribution in [3.63, 3.8) is 0 Å². The van der Waals surface area contributed by atoms with Gasteiger partial charge in [-0.25, -0.2) is 4.57 Å². The number of phosphoric ester groups is 1. The van der Waals surface area contributed by atoms with Crippen LogP contribution in [-0.2, 0) is 18.4 Å². The standard InChI is InChI=1S/C56H115N2O6P/c1-6-8-10-12-14-16-18-20-21-22-23-24-25-26-27-28-29-30-31-32-33-34-35-36-37-38-39-41-43-45-47-49-55(59)54(53-64-65(61,62)63-52-51-58(3,4)5)57-56(60)50-48-46-44-42-40-19-17-15-13-11-9-7-2/h54-55,59H,6-53H2,1-5H3,(H-,57,60,61,62)/p+1. The molecule has 3 N–H and O–H groups in total. The summed E-state index contributed by atoms with van der Waals surface area (Å²) >= 11 is 0. The fourth-order valence-corrected chi connectivity index (χ4v) is 9.79. The molecule has 0 aromatic rings. The number of rotatable bonds is 54. The first kappa shape index (κ1) is 64.5. The minimum atomic E-state index is -4.31. The summed E-state index contributed by atoms with van der Waals surface area (Å²) in [6.07, 6.45) is 57.5. The lowest BCUT2D eigenvalue weighted by Crippen LogP contribution is -2.46. The first-order valence-corrected chi connectivity index (χ1v) is 30.4. The van der Waals surface area contributed by atoms with Gasteiger partial charge in [0, 0.05) is 6.42 Å². The van der Waals surface area contributed by atoms with E-state index in [1.807, 2.05) is 21.1 Å². The average Bonchev–Trinajstić information content (AvgIpc) is 3.26. The lowest BCUT2D eigenvalue weighted by atomic mass is 10.0. The van der Waals surface area contributed by atoms with Gasteiger partial charge in [-0.15, -0.1) is 0 Å². The number of quaternary nitrogens is 1. The fraction of sp³-hybridized carbons (Fsp3) is 0.982. The second kappa shape index (κ2) is 48.5. The average molecular weight is 945 g/mol. The highest BCUT2D eigenvalue weighted by Gasteiger charge is 2.28. The van der Waals surface area contributed by atoms with Crippen LogP contribution in [-0.4, -0.2) is 73.4 Å². The molecule has 390 valence electrons. The van der Waals surface area contributed by atoms with Crippen molar-refractivity contribution in [2.75, 3.05) is 40.9 Å². The van der Waals surface area contributed by atoms with Gasteiger partial charge in [0.2, 0.25) is 5.91 Å². The van der Waals surface area contributed by atoms with E-state index in [4.69, 9.17) is 9.05 Å². The van der Waals surface area contributed by atoms with Crippen LogP contribution >= 0.6 is 7.82 Å². The molecule has 0 aliphatic carbocycles. The van der Waals surface area contributed by atoms with E-state index >= 15 is 0 Å². The molecular weight excluding hydrogens is 828 g/mol. The molecular formula is C56H116N2O6P+. The highest BCUT2D eigenvalue weighted by molar-refractivity contribution is 7.47. The van der Waals surface area contributed by atoms with Crippen molar-refractivity contribution in [3.8, 4) is 0 Å². The SMILES string of the molecule is CCCCCCCCCCCCCCCCCCCCCCCCCCCCCCCCCC(O)C(COP(=O)(O)OCC[N+](C)(C)C)NC(=O)CCCCCCCCCCCCCC. The second-order valence-corrected chi connectivity index (χ2v) is 22.8. The van der Waals surface area contributed by atoms with Gasteiger partial charge in [0.25, 0.3) is 0 Å². The topological polar surface area (TPSA) is 105 Å². The molecule has 0 saturated carbocycles. The number of unbranched alkanes of at least 4 members (excludes halogenated alkanes) is 41. The monoisotopic (exact) mass is 944 g/mol. The summed E-state index contributed by atoms with van der Waals surface area (Å²) in [6, 6.07) is -0.754. The number of carbonyl (C=O) groups is 1. The largest absolute Gasteiger partial charge is 0.472 e. The smallest absolute Gasteiger partial charge is 0.391 e. The zero-order valence-electron chi connectivity index (χ0n) is 44.5. The van der Waals surface area contributed by atoms with E-state index in [0.717, 1.165) is 38.5 Å². The molecule has 0 aromatic carbocycles. The third kappa shape index (κ3) is 51.2. The molecule has 1 amide bonds. The number of amides is 1. The van der Waals surface area contributed by atoms with E-state index in [2.05, 4.69) is 19.2 Å². The van der Waals surface area contributed by atoms with Crippen molar-refractivity contribution in [1.82, 2.24) is 5.32 Å². The maximum absolute atomic E-state index is 12.9. The molecule has 3 atom stereocenters. The molecule has 0 radical (unpaired) electrons. The first-order chi connectivity index (χ1) is 31.5. The van der Waals surface area contributed by atoms with Gasteiger partial charge in [0.05, 0.1) is 39.9 Å². The Kier molecular flexibility index (Phi) is 48.1. The number of aliphatic hydroxyl groups is 1. The molecule has 9 heteroatoms. The Morgan fingerprint density at radius 3 is 1.03 bits per heavy atom. The second-order valence-electron chi connectivity index (χ2n) is 21.4. The van der Waals surface area contributed by atoms with Gasteiger partial charge in [0.15, 0.2) is 0 Å². The molecule has 0 aliphatic heterocycles. The number of likely N-dealkylation sites (N-methyl/N-ethyl adjacent to an activating group) is 1. The Bertz CT molecular complexity index is 1030. The fourth-order valence-electron chi connectivity index (χ4n) is 9.05. The van der Waals surface area contributed by atoms with Crippen LogP contribution in [0.2, 0.25) is 0 Å². The van der Waals surface area contributed by atoms with Crippen molar-refractivity contribution in [2.24, 2.45) is 0 Å². The number of carbonyl (C=O) groups excluding carboxylic acids is 1. The van der Waals surface area contributed by atoms with Gasteiger partial charge in [-0.05, 0) is 12.8 Å². The third-order valence-electron chi connectivity index (χ3n) is 13.6. The summed E-state index contributed by atoms with van der Waals surface area (Å²) in [6.45, 7) is 4.93. The Morgan fingerprint density at radius 1 is 0.462 bits per heavy atom. The molecule has 0 heterocycles. The van der Waals surface area contributed by atoms with Crippen LogP contribution in [0.5, 0.6) is 0 Å². The number of nitrogens with zero attached hydrogens (tertiary/aromatic N) is 1. The quantitative estimate of drug-likeness (QED) is 0.0319. The van der Waals surface area contributed by atoms with Crippen LogP contribution in [0.15, 0.2) is 0 Å². The number of phosphoric acid groups is 1. The van der Waals surface area contributed by atoms with Crippen LogP contribution < -0.4 is 5.32 Å². The Hall–Kier alpha value is -0.500. The van der Waals surface area contributed by atoms with E-state index in [1.165, 1.54) is 238 Å². The number of nitrogens with one attached hydrogen (secondary N) is 1. The van der Waals surface area contributed by atoms with Crippen LogP contribution in [0.3, 0.4) is 0 Å². The molecule has 0 spiro atoms.